The van der Waals surface area contributed by atoms with Crippen molar-refractivity contribution in [1.82, 2.24) is 4.98 Å². The molecule has 0 aliphatic rings. The Morgan fingerprint density at radius 2 is 1.94 bits per heavy atom. The summed E-state index contributed by atoms with van der Waals surface area (Å²) in [5.74, 6) is 5.38. The molecule has 0 saturated heterocycles. The molecule has 0 aliphatic carbocycles. The minimum atomic E-state index is -0.304. The second-order valence-corrected chi connectivity index (χ2v) is 3.65. The first-order chi connectivity index (χ1) is 8.15. The summed E-state index contributed by atoms with van der Waals surface area (Å²) in [7, 11) is 0. The highest BCUT2D eigenvalue weighted by Gasteiger charge is 1.97. The summed E-state index contributed by atoms with van der Waals surface area (Å²) in [5, 5.41) is 0. The zero-order valence-electron chi connectivity index (χ0n) is 9.77. The number of rotatable bonds is 0. The van der Waals surface area contributed by atoms with Gasteiger partial charge in [-0.15, -0.1) is 12.4 Å². The number of aromatic nitrogens is 1. The van der Waals surface area contributed by atoms with Crippen LogP contribution in [0.15, 0.2) is 36.4 Å². The van der Waals surface area contributed by atoms with Gasteiger partial charge < -0.3 is 5.73 Å². The van der Waals surface area contributed by atoms with Gasteiger partial charge in [0.15, 0.2) is 0 Å². The van der Waals surface area contributed by atoms with Crippen molar-refractivity contribution in [2.24, 2.45) is 0 Å². The number of hydrogen-bond acceptors (Lipinski definition) is 2. The van der Waals surface area contributed by atoms with E-state index in [0.717, 1.165) is 5.69 Å². The molecule has 92 valence electrons. The van der Waals surface area contributed by atoms with Crippen LogP contribution in [0.5, 0.6) is 0 Å². The van der Waals surface area contributed by atoms with Crippen LogP contribution in [0.2, 0.25) is 0 Å². The predicted molar refractivity (Wildman–Crippen MR) is 73.0 cm³/mol. The van der Waals surface area contributed by atoms with Crippen LogP contribution in [0.1, 0.15) is 17.0 Å². The van der Waals surface area contributed by atoms with Crippen LogP contribution >= 0.6 is 12.4 Å². The molecule has 2 N–H and O–H groups in total. The molecule has 4 heteroatoms. The SMILES string of the molecule is Cc1ccc(N)c(C#Cc2cccc(F)c2)n1.Cl. The van der Waals surface area contributed by atoms with Gasteiger partial charge in [0.05, 0.1) is 5.69 Å². The standard InChI is InChI=1S/C14H11FN2.ClH/c1-10-5-7-13(16)14(17-10)8-6-11-3-2-4-12(15)9-11;/h2-5,7,9H,16H2,1H3;1H. The Morgan fingerprint density at radius 1 is 1.17 bits per heavy atom. The Hall–Kier alpha value is -2.05. The number of nitrogens with two attached hydrogens (primary N) is 1. The van der Waals surface area contributed by atoms with Crippen LogP contribution < -0.4 is 5.73 Å². The summed E-state index contributed by atoms with van der Waals surface area (Å²) < 4.78 is 12.9. The lowest BCUT2D eigenvalue weighted by molar-refractivity contribution is 0.627. The Morgan fingerprint density at radius 3 is 2.67 bits per heavy atom. The second kappa shape index (κ2) is 6.04. The highest BCUT2D eigenvalue weighted by Crippen LogP contribution is 2.08. The fourth-order valence-electron chi connectivity index (χ4n) is 1.37. The molecule has 1 heterocycles. The number of nitrogens with zero attached hydrogens (tertiary/aromatic N) is 1. The Labute approximate surface area is 111 Å². The molecule has 0 fully saturated rings. The van der Waals surface area contributed by atoms with E-state index < -0.39 is 0 Å². The Kier molecular flexibility index (Phi) is 4.70. The van der Waals surface area contributed by atoms with Crippen molar-refractivity contribution in [2.45, 2.75) is 6.92 Å². The van der Waals surface area contributed by atoms with Crippen LogP contribution in [0.3, 0.4) is 0 Å². The van der Waals surface area contributed by atoms with Crippen molar-refractivity contribution < 1.29 is 4.39 Å². The van der Waals surface area contributed by atoms with Gasteiger partial charge in [-0.3, -0.25) is 0 Å². The van der Waals surface area contributed by atoms with E-state index in [2.05, 4.69) is 16.8 Å². The van der Waals surface area contributed by atoms with E-state index in [9.17, 15) is 4.39 Å². The normalized spacial score (nSPS) is 9.00. The highest BCUT2D eigenvalue weighted by molar-refractivity contribution is 5.85. The summed E-state index contributed by atoms with van der Waals surface area (Å²) in [6, 6.07) is 9.69. The number of halogens is 2. The average Bonchev–Trinajstić information content (AvgIpc) is 2.30. The smallest absolute Gasteiger partial charge is 0.136 e. The maximum Gasteiger partial charge on any atom is 0.136 e. The monoisotopic (exact) mass is 262 g/mol. The van der Waals surface area contributed by atoms with Crippen molar-refractivity contribution >= 4 is 18.1 Å². The van der Waals surface area contributed by atoms with Gasteiger partial charge in [0.25, 0.3) is 0 Å². The molecule has 0 spiro atoms. The molecule has 0 amide bonds. The molecular formula is C14H12ClFN2. The molecule has 2 nitrogen and oxygen atoms in total. The van der Waals surface area contributed by atoms with Crippen LogP contribution in [0.4, 0.5) is 10.1 Å². The van der Waals surface area contributed by atoms with E-state index in [4.69, 9.17) is 5.73 Å². The second-order valence-electron chi connectivity index (χ2n) is 3.65. The third-order valence-corrected chi connectivity index (χ3v) is 2.22. The fourth-order valence-corrected chi connectivity index (χ4v) is 1.37. The molecule has 0 aliphatic heterocycles. The Bertz CT molecular complexity index is 615. The van der Waals surface area contributed by atoms with Crippen molar-refractivity contribution in [3.63, 3.8) is 0 Å². The molecule has 0 saturated carbocycles. The molecule has 0 unspecified atom stereocenters. The lowest BCUT2D eigenvalue weighted by Crippen LogP contribution is -1.95. The fraction of sp³-hybridized carbons (Fsp3) is 0.0714. The maximum atomic E-state index is 12.9. The quantitative estimate of drug-likeness (QED) is 0.742. The van der Waals surface area contributed by atoms with E-state index in [0.29, 0.717) is 16.9 Å². The average molecular weight is 263 g/mol. The minimum Gasteiger partial charge on any atom is -0.396 e. The third kappa shape index (κ3) is 3.47. The summed E-state index contributed by atoms with van der Waals surface area (Å²) in [6.07, 6.45) is 0. The van der Waals surface area contributed by atoms with Crippen molar-refractivity contribution in [2.75, 3.05) is 5.73 Å². The molecule has 0 radical (unpaired) electrons. The largest absolute Gasteiger partial charge is 0.396 e. The minimum absolute atomic E-state index is 0. The van der Waals surface area contributed by atoms with Gasteiger partial charge in [0.2, 0.25) is 0 Å². The van der Waals surface area contributed by atoms with E-state index in [1.54, 1.807) is 18.2 Å². The van der Waals surface area contributed by atoms with Gasteiger partial charge in [-0.05, 0) is 43.2 Å². The molecule has 0 bridgehead atoms. The summed E-state index contributed by atoms with van der Waals surface area (Å²) in [6.45, 7) is 1.87. The van der Waals surface area contributed by atoms with Gasteiger partial charge in [-0.25, -0.2) is 9.37 Å². The van der Waals surface area contributed by atoms with Gasteiger partial charge >= 0.3 is 0 Å². The topological polar surface area (TPSA) is 38.9 Å². The summed E-state index contributed by atoms with van der Waals surface area (Å²) in [5.41, 5.74) is 8.25. The van der Waals surface area contributed by atoms with Crippen LogP contribution in [0.25, 0.3) is 0 Å². The van der Waals surface area contributed by atoms with Crippen molar-refractivity contribution in [1.29, 1.82) is 0 Å². The number of benzene rings is 1. The number of anilines is 1. The van der Waals surface area contributed by atoms with Crippen LogP contribution in [0, 0.1) is 24.6 Å². The predicted octanol–water partition coefficient (Wildman–Crippen LogP) is 2.93. The highest BCUT2D eigenvalue weighted by atomic mass is 35.5. The number of aryl methyl sites for hydroxylation is 1. The number of pyridine rings is 1. The molecule has 0 atom stereocenters. The first kappa shape index (κ1) is 14.0. The van der Waals surface area contributed by atoms with Crippen molar-refractivity contribution in [3.8, 4) is 11.8 Å². The zero-order chi connectivity index (χ0) is 12.3. The van der Waals surface area contributed by atoms with E-state index >= 15 is 0 Å². The summed E-state index contributed by atoms with van der Waals surface area (Å²) >= 11 is 0. The van der Waals surface area contributed by atoms with Gasteiger partial charge in [0.1, 0.15) is 11.5 Å². The van der Waals surface area contributed by atoms with E-state index in [1.807, 2.05) is 13.0 Å². The molecule has 2 aromatic rings. The lowest BCUT2D eigenvalue weighted by Gasteiger charge is -1.98. The van der Waals surface area contributed by atoms with E-state index in [-0.39, 0.29) is 18.2 Å². The first-order valence-corrected chi connectivity index (χ1v) is 5.16. The molecule has 18 heavy (non-hydrogen) atoms. The number of nitrogen functional groups attached to an aromatic ring is 1. The molecular weight excluding hydrogens is 251 g/mol. The van der Waals surface area contributed by atoms with E-state index in [1.165, 1.54) is 12.1 Å². The zero-order valence-corrected chi connectivity index (χ0v) is 10.6. The lowest BCUT2D eigenvalue weighted by atomic mass is 10.2. The molecule has 2 rings (SSSR count). The van der Waals surface area contributed by atoms with Gasteiger partial charge in [0, 0.05) is 11.3 Å². The van der Waals surface area contributed by atoms with Crippen molar-refractivity contribution in [3.05, 3.63) is 59.2 Å². The summed E-state index contributed by atoms with van der Waals surface area (Å²) in [4.78, 5) is 4.22. The third-order valence-electron chi connectivity index (χ3n) is 2.22. The van der Waals surface area contributed by atoms with Gasteiger partial charge in [-0.2, -0.15) is 0 Å². The van der Waals surface area contributed by atoms with Crippen LogP contribution in [-0.4, -0.2) is 4.98 Å². The molecule has 1 aromatic carbocycles. The van der Waals surface area contributed by atoms with Gasteiger partial charge in [-0.1, -0.05) is 12.0 Å². The Balaban J connectivity index is 0.00000162. The number of hydrogen-bond donors (Lipinski definition) is 1. The maximum absolute atomic E-state index is 12.9. The van der Waals surface area contributed by atoms with Crippen LogP contribution in [-0.2, 0) is 0 Å². The molecule has 1 aromatic heterocycles. The first-order valence-electron chi connectivity index (χ1n) is 5.16.